The van der Waals surface area contributed by atoms with Gasteiger partial charge in [0.25, 0.3) is 0 Å². The molecule has 1 aromatic heterocycles. The normalized spacial score (nSPS) is 24.9. The first-order valence-electron chi connectivity index (χ1n) is 8.46. The van der Waals surface area contributed by atoms with E-state index in [-0.39, 0.29) is 5.60 Å². The van der Waals surface area contributed by atoms with Crippen molar-refractivity contribution in [2.75, 3.05) is 6.61 Å². The highest BCUT2D eigenvalue weighted by Gasteiger charge is 2.42. The van der Waals surface area contributed by atoms with E-state index < -0.39 is 5.54 Å². The Bertz CT molecular complexity index is 458. The fourth-order valence-electron chi connectivity index (χ4n) is 3.84. The van der Waals surface area contributed by atoms with Gasteiger partial charge in [0.05, 0.1) is 5.54 Å². The van der Waals surface area contributed by atoms with Crippen molar-refractivity contribution in [2.24, 2.45) is 5.73 Å². The molecule has 2 aliphatic rings. The second-order valence-electron chi connectivity index (χ2n) is 6.63. The molecule has 0 bridgehead atoms. The van der Waals surface area contributed by atoms with Gasteiger partial charge in [0, 0.05) is 6.61 Å². The monoisotopic (exact) mass is 293 g/mol. The van der Waals surface area contributed by atoms with Crippen molar-refractivity contribution >= 4 is 0 Å². The van der Waals surface area contributed by atoms with Crippen molar-refractivity contribution in [2.45, 2.75) is 82.3 Å². The molecule has 21 heavy (non-hydrogen) atoms. The van der Waals surface area contributed by atoms with E-state index in [1.54, 1.807) is 0 Å². The zero-order valence-electron chi connectivity index (χ0n) is 13.1. The van der Waals surface area contributed by atoms with E-state index in [0.717, 1.165) is 57.2 Å². The van der Waals surface area contributed by atoms with Crippen molar-refractivity contribution < 1.29 is 9.26 Å². The van der Waals surface area contributed by atoms with E-state index in [1.807, 2.05) is 6.92 Å². The van der Waals surface area contributed by atoms with E-state index in [2.05, 4.69) is 5.16 Å². The lowest BCUT2D eigenvalue weighted by molar-refractivity contribution is -0.0636. The average Bonchev–Trinajstić information content (AvgIpc) is 3.07. The first-order chi connectivity index (χ1) is 10.2. The number of nitrogens with two attached hydrogens (primary N) is 1. The maximum Gasteiger partial charge on any atom is 0.246 e. The second-order valence-corrected chi connectivity index (χ2v) is 6.63. The quantitative estimate of drug-likeness (QED) is 0.861. The molecule has 2 saturated carbocycles. The summed E-state index contributed by atoms with van der Waals surface area (Å²) in [5.41, 5.74) is 5.66. The second kappa shape index (κ2) is 6.05. The van der Waals surface area contributed by atoms with Crippen LogP contribution in [-0.2, 0) is 15.9 Å². The third-order valence-electron chi connectivity index (χ3n) is 5.09. The predicted octanol–water partition coefficient (Wildman–Crippen LogP) is 3.38. The van der Waals surface area contributed by atoms with Crippen LogP contribution in [0.15, 0.2) is 4.52 Å². The Morgan fingerprint density at radius 2 is 1.67 bits per heavy atom. The highest BCUT2D eigenvalue weighted by atomic mass is 16.5. The van der Waals surface area contributed by atoms with Gasteiger partial charge in [0.1, 0.15) is 5.60 Å². The van der Waals surface area contributed by atoms with Crippen LogP contribution in [-0.4, -0.2) is 16.7 Å². The van der Waals surface area contributed by atoms with Crippen LogP contribution in [0.2, 0.25) is 0 Å². The minimum absolute atomic E-state index is 0.359. The van der Waals surface area contributed by atoms with Gasteiger partial charge in [-0.05, 0) is 32.6 Å². The van der Waals surface area contributed by atoms with Crippen LogP contribution in [0.4, 0.5) is 0 Å². The van der Waals surface area contributed by atoms with E-state index in [1.165, 1.54) is 12.8 Å². The van der Waals surface area contributed by atoms with Crippen LogP contribution in [0.1, 0.15) is 82.8 Å². The molecule has 0 spiro atoms. The van der Waals surface area contributed by atoms with Crippen LogP contribution in [0.25, 0.3) is 0 Å². The third kappa shape index (κ3) is 2.86. The Morgan fingerprint density at radius 1 is 1.05 bits per heavy atom. The maximum atomic E-state index is 6.43. The molecule has 0 amide bonds. The summed E-state index contributed by atoms with van der Waals surface area (Å²) in [5, 5.41) is 4.27. The summed E-state index contributed by atoms with van der Waals surface area (Å²) in [7, 11) is 0. The Hall–Kier alpha value is -0.940. The standard InChI is InChI=1S/C16H27N3O2/c1-2-20-16(11-5-3-4-6-12-16)13-18-14(21-19-13)15(17)9-7-8-10-15/h2-12,17H2,1H3. The van der Waals surface area contributed by atoms with Gasteiger partial charge in [-0.25, -0.2) is 0 Å². The number of rotatable bonds is 4. The molecule has 2 N–H and O–H groups in total. The molecule has 0 unspecified atom stereocenters. The molecule has 5 nitrogen and oxygen atoms in total. The first kappa shape index (κ1) is 15.0. The zero-order chi connectivity index (χ0) is 14.8. The number of ether oxygens (including phenoxy) is 1. The number of hydrogen-bond donors (Lipinski definition) is 1. The lowest BCUT2D eigenvalue weighted by atomic mass is 9.93. The van der Waals surface area contributed by atoms with Crippen molar-refractivity contribution in [3.05, 3.63) is 11.7 Å². The van der Waals surface area contributed by atoms with Crippen LogP contribution in [0.3, 0.4) is 0 Å². The predicted molar refractivity (Wildman–Crippen MR) is 79.6 cm³/mol. The van der Waals surface area contributed by atoms with Gasteiger partial charge in [-0.15, -0.1) is 0 Å². The molecule has 0 atom stereocenters. The maximum absolute atomic E-state index is 6.43. The largest absolute Gasteiger partial charge is 0.367 e. The molecule has 0 aromatic carbocycles. The lowest BCUT2D eigenvalue weighted by Gasteiger charge is -2.29. The highest BCUT2D eigenvalue weighted by Crippen LogP contribution is 2.40. The van der Waals surface area contributed by atoms with Crippen LogP contribution in [0, 0.1) is 0 Å². The van der Waals surface area contributed by atoms with Gasteiger partial charge < -0.3 is 15.0 Å². The summed E-state index contributed by atoms with van der Waals surface area (Å²) in [4.78, 5) is 4.69. The smallest absolute Gasteiger partial charge is 0.246 e. The fourth-order valence-corrected chi connectivity index (χ4v) is 3.84. The summed E-state index contributed by atoms with van der Waals surface area (Å²) in [5.74, 6) is 1.33. The van der Waals surface area contributed by atoms with Gasteiger partial charge >= 0.3 is 0 Å². The Balaban J connectivity index is 1.87. The van der Waals surface area contributed by atoms with Gasteiger partial charge in [-0.2, -0.15) is 4.98 Å². The van der Waals surface area contributed by atoms with Gasteiger partial charge in [0.2, 0.25) is 11.7 Å². The summed E-state index contributed by atoms with van der Waals surface area (Å²) < 4.78 is 11.7. The first-order valence-corrected chi connectivity index (χ1v) is 8.46. The molecule has 0 radical (unpaired) electrons. The molecular weight excluding hydrogens is 266 g/mol. The SMILES string of the molecule is CCOC1(c2noc(C3(N)CCCC3)n2)CCCCCC1. The van der Waals surface area contributed by atoms with Crippen molar-refractivity contribution in [1.82, 2.24) is 10.1 Å². The lowest BCUT2D eigenvalue weighted by Crippen LogP contribution is -2.34. The Kier molecular flexibility index (Phi) is 4.31. The summed E-state index contributed by atoms with van der Waals surface area (Å²) >= 11 is 0. The van der Waals surface area contributed by atoms with Crippen LogP contribution >= 0.6 is 0 Å². The topological polar surface area (TPSA) is 74.2 Å². The molecule has 0 saturated heterocycles. The van der Waals surface area contributed by atoms with Gasteiger partial charge in [0.15, 0.2) is 0 Å². The minimum Gasteiger partial charge on any atom is -0.367 e. The molecular formula is C16H27N3O2. The Morgan fingerprint density at radius 3 is 2.29 bits per heavy atom. The molecule has 2 fully saturated rings. The zero-order valence-corrected chi connectivity index (χ0v) is 13.1. The van der Waals surface area contributed by atoms with Crippen LogP contribution in [0.5, 0.6) is 0 Å². The summed E-state index contributed by atoms with van der Waals surface area (Å²) in [6, 6.07) is 0. The molecule has 0 aliphatic heterocycles. The number of aromatic nitrogens is 2. The van der Waals surface area contributed by atoms with Gasteiger partial charge in [-0.3, -0.25) is 0 Å². The summed E-state index contributed by atoms with van der Waals surface area (Å²) in [6.45, 7) is 2.71. The Labute approximate surface area is 126 Å². The van der Waals surface area contributed by atoms with Crippen LogP contribution < -0.4 is 5.73 Å². The molecule has 2 aliphatic carbocycles. The van der Waals surface area contributed by atoms with E-state index >= 15 is 0 Å². The number of hydrogen-bond acceptors (Lipinski definition) is 5. The molecule has 1 aromatic rings. The number of nitrogens with zero attached hydrogens (tertiary/aromatic N) is 2. The molecule has 3 rings (SSSR count). The third-order valence-corrected chi connectivity index (χ3v) is 5.09. The van der Waals surface area contributed by atoms with E-state index in [9.17, 15) is 0 Å². The summed E-state index contributed by atoms with van der Waals surface area (Å²) in [6.07, 6.45) is 11.0. The highest BCUT2D eigenvalue weighted by molar-refractivity contribution is 5.09. The van der Waals surface area contributed by atoms with Gasteiger partial charge in [-0.1, -0.05) is 43.7 Å². The van der Waals surface area contributed by atoms with Crippen molar-refractivity contribution in [3.8, 4) is 0 Å². The average molecular weight is 293 g/mol. The van der Waals surface area contributed by atoms with Crippen molar-refractivity contribution in [3.63, 3.8) is 0 Å². The van der Waals surface area contributed by atoms with E-state index in [4.69, 9.17) is 20.0 Å². The fraction of sp³-hybridized carbons (Fsp3) is 0.875. The van der Waals surface area contributed by atoms with E-state index in [0.29, 0.717) is 12.5 Å². The van der Waals surface area contributed by atoms with Crippen molar-refractivity contribution in [1.29, 1.82) is 0 Å². The molecule has 1 heterocycles. The minimum atomic E-state index is -0.413. The molecule has 5 heteroatoms. The molecule has 118 valence electrons.